The van der Waals surface area contributed by atoms with Crippen LogP contribution in [0, 0.1) is 22.7 Å². The molecule has 2 fully saturated rings. The van der Waals surface area contributed by atoms with Crippen molar-refractivity contribution in [2.24, 2.45) is 22.7 Å². The van der Waals surface area contributed by atoms with Crippen molar-refractivity contribution in [3.8, 4) is 0 Å². The molecule has 0 amide bonds. The number of Topliss-reactive ketones (excluding diaryl/α,β-unsaturated/α-hetero) is 1. The lowest BCUT2D eigenvalue weighted by molar-refractivity contribution is -0.124. The van der Waals surface area contributed by atoms with Gasteiger partial charge in [0.15, 0.2) is 0 Å². The van der Waals surface area contributed by atoms with Crippen molar-refractivity contribution >= 4 is 5.78 Å². The summed E-state index contributed by atoms with van der Waals surface area (Å²) in [4.78, 5) is 12.3. The molecule has 0 aromatic heterocycles. The maximum Gasteiger partial charge on any atom is 0.248 e. The number of hydrogen-bond acceptors (Lipinski definition) is 1. The summed E-state index contributed by atoms with van der Waals surface area (Å²) in [5, 5.41) is 0. The van der Waals surface area contributed by atoms with Crippen LogP contribution in [0.2, 0.25) is 0 Å². The summed E-state index contributed by atoms with van der Waals surface area (Å²) in [5.74, 6) is -2.39. The van der Waals surface area contributed by atoms with Crippen molar-refractivity contribution < 1.29 is 13.6 Å². The van der Waals surface area contributed by atoms with Gasteiger partial charge in [0.2, 0.25) is 5.92 Å². The summed E-state index contributed by atoms with van der Waals surface area (Å²) >= 11 is 0. The highest BCUT2D eigenvalue weighted by atomic mass is 19.3. The topological polar surface area (TPSA) is 17.1 Å². The minimum Gasteiger partial charge on any atom is -0.299 e. The van der Waals surface area contributed by atoms with E-state index >= 15 is 0 Å². The van der Waals surface area contributed by atoms with E-state index in [2.05, 4.69) is 27.7 Å². The third-order valence-electron chi connectivity index (χ3n) is 5.57. The van der Waals surface area contributed by atoms with Gasteiger partial charge in [0.05, 0.1) is 0 Å². The van der Waals surface area contributed by atoms with Crippen molar-refractivity contribution in [2.45, 2.75) is 65.7 Å². The molecule has 0 spiro atoms. The van der Waals surface area contributed by atoms with Crippen LogP contribution in [-0.2, 0) is 4.79 Å². The van der Waals surface area contributed by atoms with E-state index in [0.717, 1.165) is 6.42 Å². The van der Waals surface area contributed by atoms with Crippen LogP contribution in [0.3, 0.4) is 0 Å². The van der Waals surface area contributed by atoms with Gasteiger partial charge in [0.25, 0.3) is 0 Å². The Morgan fingerprint density at radius 1 is 1.17 bits per heavy atom. The fourth-order valence-electron chi connectivity index (χ4n) is 3.85. The lowest BCUT2D eigenvalue weighted by Crippen LogP contribution is -2.28. The molecule has 104 valence electrons. The Kier molecular flexibility index (Phi) is 3.11. The molecule has 2 aliphatic carbocycles. The largest absolute Gasteiger partial charge is 0.299 e. The third-order valence-corrected chi connectivity index (χ3v) is 5.57. The molecule has 0 aromatic carbocycles. The van der Waals surface area contributed by atoms with Gasteiger partial charge in [-0.1, -0.05) is 27.7 Å². The van der Waals surface area contributed by atoms with Crippen LogP contribution in [0.15, 0.2) is 0 Å². The van der Waals surface area contributed by atoms with E-state index in [-0.39, 0.29) is 41.3 Å². The minimum absolute atomic E-state index is 0.00188. The highest BCUT2D eigenvalue weighted by molar-refractivity contribution is 5.86. The molecule has 0 saturated heterocycles. The summed E-state index contributed by atoms with van der Waals surface area (Å²) in [6.45, 7) is 8.41. The molecule has 1 nitrogen and oxygen atoms in total. The average Bonchev–Trinajstić information content (AvgIpc) is 2.54. The van der Waals surface area contributed by atoms with Crippen LogP contribution in [0.4, 0.5) is 8.78 Å². The van der Waals surface area contributed by atoms with Gasteiger partial charge in [-0.05, 0) is 29.6 Å². The molecule has 1 unspecified atom stereocenters. The molecule has 0 aromatic rings. The van der Waals surface area contributed by atoms with E-state index < -0.39 is 5.92 Å². The molecule has 2 rings (SSSR count). The maximum absolute atomic E-state index is 13.3. The molecule has 0 aliphatic heterocycles. The molecule has 0 radical (unpaired) electrons. The van der Waals surface area contributed by atoms with Crippen LogP contribution in [0.1, 0.15) is 59.8 Å². The van der Waals surface area contributed by atoms with E-state index in [1.807, 2.05) is 0 Å². The van der Waals surface area contributed by atoms with E-state index in [1.165, 1.54) is 0 Å². The number of alkyl halides is 2. The van der Waals surface area contributed by atoms with Gasteiger partial charge >= 0.3 is 0 Å². The van der Waals surface area contributed by atoms with Crippen LogP contribution < -0.4 is 0 Å². The van der Waals surface area contributed by atoms with E-state index in [0.29, 0.717) is 12.8 Å². The quantitative estimate of drug-likeness (QED) is 0.730. The zero-order chi connectivity index (χ0) is 13.8. The third kappa shape index (κ3) is 2.21. The predicted octanol–water partition coefficient (Wildman–Crippen LogP) is 4.45. The first-order chi connectivity index (χ1) is 8.08. The van der Waals surface area contributed by atoms with Gasteiger partial charge in [0, 0.05) is 25.2 Å². The summed E-state index contributed by atoms with van der Waals surface area (Å²) in [5.41, 5.74) is 0.0581. The number of carbonyl (C=O) groups is 1. The average molecular weight is 258 g/mol. The first-order valence-electron chi connectivity index (χ1n) is 6.98. The SMILES string of the molecule is CC1(C)C(C(=O)CC2CCCC(F)(F)C2)C1(C)C. The van der Waals surface area contributed by atoms with Gasteiger partial charge in [-0.3, -0.25) is 4.79 Å². The zero-order valence-corrected chi connectivity index (χ0v) is 11.9. The highest BCUT2D eigenvalue weighted by Crippen LogP contribution is 2.69. The number of ketones is 1. The summed E-state index contributed by atoms with van der Waals surface area (Å²) in [6.07, 6.45) is 1.61. The molecule has 0 N–H and O–H groups in total. The Labute approximate surface area is 108 Å². The fraction of sp³-hybridized carbons (Fsp3) is 0.933. The maximum atomic E-state index is 13.3. The monoisotopic (exact) mass is 258 g/mol. The minimum atomic E-state index is -2.54. The molecule has 2 aliphatic rings. The number of carbonyl (C=O) groups excluding carboxylic acids is 1. The van der Waals surface area contributed by atoms with Crippen LogP contribution >= 0.6 is 0 Å². The Morgan fingerprint density at radius 2 is 1.72 bits per heavy atom. The van der Waals surface area contributed by atoms with Crippen LogP contribution in [0.5, 0.6) is 0 Å². The first-order valence-corrected chi connectivity index (χ1v) is 6.98. The van der Waals surface area contributed by atoms with Gasteiger partial charge < -0.3 is 0 Å². The van der Waals surface area contributed by atoms with Crippen molar-refractivity contribution in [3.05, 3.63) is 0 Å². The van der Waals surface area contributed by atoms with Gasteiger partial charge in [0.1, 0.15) is 5.78 Å². The molecular formula is C15H24F2O. The molecular weight excluding hydrogens is 234 g/mol. The highest BCUT2D eigenvalue weighted by Gasteiger charge is 2.67. The standard InChI is InChI=1S/C15H24F2O/c1-13(2)12(14(13,3)4)11(18)8-10-6-5-7-15(16,17)9-10/h10,12H,5-9H2,1-4H3. The Morgan fingerprint density at radius 3 is 2.17 bits per heavy atom. The van der Waals surface area contributed by atoms with E-state index in [4.69, 9.17) is 0 Å². The molecule has 2 saturated carbocycles. The predicted molar refractivity (Wildman–Crippen MR) is 67.6 cm³/mol. The Hall–Kier alpha value is -0.470. The van der Waals surface area contributed by atoms with Crippen LogP contribution in [-0.4, -0.2) is 11.7 Å². The number of rotatable bonds is 3. The van der Waals surface area contributed by atoms with E-state index in [1.54, 1.807) is 0 Å². The first kappa shape index (κ1) is 14.0. The Balaban J connectivity index is 1.94. The second-order valence-electron chi connectivity index (χ2n) is 7.37. The molecule has 3 heteroatoms. The number of halogens is 2. The van der Waals surface area contributed by atoms with Gasteiger partial charge in [-0.2, -0.15) is 0 Å². The normalized spacial score (nSPS) is 33.1. The molecule has 0 bridgehead atoms. The summed E-state index contributed by atoms with van der Waals surface area (Å²) in [7, 11) is 0. The molecule has 1 atom stereocenters. The second kappa shape index (κ2) is 4.01. The van der Waals surface area contributed by atoms with Crippen molar-refractivity contribution in [2.75, 3.05) is 0 Å². The van der Waals surface area contributed by atoms with Crippen molar-refractivity contribution in [1.29, 1.82) is 0 Å². The summed E-state index contributed by atoms with van der Waals surface area (Å²) in [6, 6.07) is 0. The Bertz CT molecular complexity index is 344. The molecule has 18 heavy (non-hydrogen) atoms. The zero-order valence-electron chi connectivity index (χ0n) is 11.9. The van der Waals surface area contributed by atoms with Crippen molar-refractivity contribution in [1.82, 2.24) is 0 Å². The van der Waals surface area contributed by atoms with Crippen molar-refractivity contribution in [3.63, 3.8) is 0 Å². The van der Waals surface area contributed by atoms with Gasteiger partial charge in [-0.25, -0.2) is 8.78 Å². The van der Waals surface area contributed by atoms with E-state index in [9.17, 15) is 13.6 Å². The fourth-order valence-corrected chi connectivity index (χ4v) is 3.85. The summed E-state index contributed by atoms with van der Waals surface area (Å²) < 4.78 is 26.6. The second-order valence-corrected chi connectivity index (χ2v) is 7.37. The van der Waals surface area contributed by atoms with Crippen LogP contribution in [0.25, 0.3) is 0 Å². The molecule has 0 heterocycles. The van der Waals surface area contributed by atoms with Gasteiger partial charge in [-0.15, -0.1) is 0 Å². The lowest BCUT2D eigenvalue weighted by Gasteiger charge is -2.28. The number of hydrogen-bond donors (Lipinski definition) is 0. The smallest absolute Gasteiger partial charge is 0.248 e. The lowest BCUT2D eigenvalue weighted by atomic mass is 9.82.